The van der Waals surface area contributed by atoms with Crippen LogP contribution in [0.15, 0.2) is 49.2 Å². The number of piperidine rings is 1. The van der Waals surface area contributed by atoms with Crippen LogP contribution in [0.3, 0.4) is 0 Å². The van der Waals surface area contributed by atoms with E-state index in [4.69, 9.17) is 0 Å². The van der Waals surface area contributed by atoms with Gasteiger partial charge in [0.25, 0.3) is 5.91 Å². The molecule has 1 atom stereocenters. The molecule has 0 saturated carbocycles. The van der Waals surface area contributed by atoms with Gasteiger partial charge in [-0.25, -0.2) is 0 Å². The third kappa shape index (κ3) is 2.95. The van der Waals surface area contributed by atoms with E-state index in [0.29, 0.717) is 0 Å². The summed E-state index contributed by atoms with van der Waals surface area (Å²) < 4.78 is 0. The van der Waals surface area contributed by atoms with E-state index in [1.54, 1.807) is 6.20 Å². The highest BCUT2D eigenvalue weighted by molar-refractivity contribution is 5.98. The van der Waals surface area contributed by atoms with Crippen molar-refractivity contribution in [1.82, 2.24) is 14.8 Å². The van der Waals surface area contributed by atoms with Gasteiger partial charge in [-0.15, -0.1) is 6.58 Å². The highest BCUT2D eigenvalue weighted by Crippen LogP contribution is 2.37. The van der Waals surface area contributed by atoms with Crippen LogP contribution in [-0.4, -0.2) is 52.4 Å². The molecule has 3 heterocycles. The number of carbonyl (C=O) groups excluding carboxylic acids is 1. The van der Waals surface area contributed by atoms with Gasteiger partial charge in [0.15, 0.2) is 0 Å². The van der Waals surface area contributed by atoms with Crippen LogP contribution in [0.5, 0.6) is 0 Å². The van der Waals surface area contributed by atoms with E-state index < -0.39 is 0 Å². The molecule has 2 aromatic rings. The summed E-state index contributed by atoms with van der Waals surface area (Å²) in [4.78, 5) is 22.0. The standard InChI is InChI=1S/C21H25N3O/c1-2-12-24-14-5-10-21(24)9-4-13-23(16-21)20(25)18-7-8-19-17(15-18)6-3-11-22-19/h2-3,6-8,11,15H,1,4-5,9-10,12-14,16H2/t21-/m0/s1. The topological polar surface area (TPSA) is 36.4 Å². The van der Waals surface area contributed by atoms with E-state index in [9.17, 15) is 4.79 Å². The molecule has 0 radical (unpaired) electrons. The van der Waals surface area contributed by atoms with Crippen LogP contribution in [0.25, 0.3) is 10.9 Å². The Morgan fingerprint density at radius 1 is 1.24 bits per heavy atom. The van der Waals surface area contributed by atoms with Crippen LogP contribution in [0, 0.1) is 0 Å². The van der Waals surface area contributed by atoms with Gasteiger partial charge in [-0.3, -0.25) is 14.7 Å². The monoisotopic (exact) mass is 335 g/mol. The highest BCUT2D eigenvalue weighted by atomic mass is 16.2. The minimum Gasteiger partial charge on any atom is -0.337 e. The summed E-state index contributed by atoms with van der Waals surface area (Å²) in [5.41, 5.74) is 1.86. The zero-order chi connectivity index (χ0) is 17.3. The molecule has 1 aromatic carbocycles. The van der Waals surface area contributed by atoms with Crippen molar-refractivity contribution in [3.8, 4) is 0 Å². The van der Waals surface area contributed by atoms with Gasteiger partial charge >= 0.3 is 0 Å². The Kier molecular flexibility index (Phi) is 4.30. The third-order valence-electron chi connectivity index (χ3n) is 5.78. The maximum atomic E-state index is 13.1. The Bertz CT molecular complexity index is 803. The largest absolute Gasteiger partial charge is 0.337 e. The molecule has 2 saturated heterocycles. The summed E-state index contributed by atoms with van der Waals surface area (Å²) in [6.45, 7) is 7.64. The van der Waals surface area contributed by atoms with E-state index in [2.05, 4.69) is 21.4 Å². The van der Waals surface area contributed by atoms with Gasteiger partial charge in [0.2, 0.25) is 0 Å². The second kappa shape index (κ2) is 6.60. The second-order valence-electron chi connectivity index (χ2n) is 7.30. The van der Waals surface area contributed by atoms with Crippen molar-refractivity contribution >= 4 is 16.8 Å². The predicted molar refractivity (Wildman–Crippen MR) is 101 cm³/mol. The van der Waals surface area contributed by atoms with Gasteiger partial charge in [0.1, 0.15) is 0 Å². The number of rotatable bonds is 3. The summed E-state index contributed by atoms with van der Waals surface area (Å²) >= 11 is 0. The number of pyridine rings is 1. The van der Waals surface area contributed by atoms with E-state index in [1.165, 1.54) is 19.3 Å². The van der Waals surface area contributed by atoms with Crippen LogP contribution >= 0.6 is 0 Å². The average Bonchev–Trinajstić information content (AvgIpc) is 3.02. The van der Waals surface area contributed by atoms with Crippen molar-refractivity contribution < 1.29 is 4.79 Å². The Balaban J connectivity index is 1.57. The first-order valence-electron chi connectivity index (χ1n) is 9.22. The van der Waals surface area contributed by atoms with Crippen molar-refractivity contribution in [2.24, 2.45) is 0 Å². The van der Waals surface area contributed by atoms with E-state index in [0.717, 1.165) is 49.1 Å². The molecule has 0 N–H and O–H groups in total. The van der Waals surface area contributed by atoms with E-state index >= 15 is 0 Å². The molecule has 0 aliphatic carbocycles. The lowest BCUT2D eigenvalue weighted by Crippen LogP contribution is -2.56. The molecule has 4 rings (SSSR count). The summed E-state index contributed by atoms with van der Waals surface area (Å²) in [6.07, 6.45) is 8.45. The fraction of sp³-hybridized carbons (Fsp3) is 0.429. The van der Waals surface area contributed by atoms with Crippen molar-refractivity contribution in [3.05, 3.63) is 54.7 Å². The molecule has 0 bridgehead atoms. The lowest BCUT2D eigenvalue weighted by Gasteiger charge is -2.45. The molecule has 1 amide bonds. The van der Waals surface area contributed by atoms with Crippen LogP contribution in [0.2, 0.25) is 0 Å². The summed E-state index contributed by atoms with van der Waals surface area (Å²) in [7, 11) is 0. The molecule has 2 aliphatic rings. The fourth-order valence-corrected chi connectivity index (χ4v) is 4.57. The van der Waals surface area contributed by atoms with Gasteiger partial charge < -0.3 is 4.90 Å². The van der Waals surface area contributed by atoms with Gasteiger partial charge in [-0.05, 0) is 56.5 Å². The molecule has 1 aromatic heterocycles. The van der Waals surface area contributed by atoms with Crippen LogP contribution in [0.1, 0.15) is 36.0 Å². The van der Waals surface area contributed by atoms with Crippen molar-refractivity contribution in [3.63, 3.8) is 0 Å². The zero-order valence-corrected chi connectivity index (χ0v) is 14.7. The minimum absolute atomic E-state index is 0.148. The average molecular weight is 335 g/mol. The van der Waals surface area contributed by atoms with Crippen LogP contribution in [0.4, 0.5) is 0 Å². The molecule has 130 valence electrons. The first-order chi connectivity index (χ1) is 12.2. The lowest BCUT2D eigenvalue weighted by atomic mass is 9.86. The SMILES string of the molecule is C=CCN1CCC[C@]12CCCN(C(=O)c1ccc3ncccc3c1)C2. The van der Waals surface area contributed by atoms with Gasteiger partial charge in [-0.1, -0.05) is 12.1 Å². The summed E-state index contributed by atoms with van der Waals surface area (Å²) in [5.74, 6) is 0.148. The number of fused-ring (bicyclic) bond motifs is 1. The minimum atomic E-state index is 0.148. The normalized spacial score (nSPS) is 24.1. The lowest BCUT2D eigenvalue weighted by molar-refractivity contribution is 0.0367. The predicted octanol–water partition coefficient (Wildman–Crippen LogP) is 3.49. The number of hydrogen-bond donors (Lipinski definition) is 0. The van der Waals surface area contributed by atoms with Crippen molar-refractivity contribution in [2.45, 2.75) is 31.2 Å². The smallest absolute Gasteiger partial charge is 0.253 e. The number of hydrogen-bond acceptors (Lipinski definition) is 3. The zero-order valence-electron chi connectivity index (χ0n) is 14.7. The number of amides is 1. The molecule has 25 heavy (non-hydrogen) atoms. The molecule has 1 spiro atoms. The van der Waals surface area contributed by atoms with Crippen LogP contribution < -0.4 is 0 Å². The Morgan fingerprint density at radius 3 is 2.92 bits per heavy atom. The number of likely N-dealkylation sites (tertiary alicyclic amines) is 2. The molecular weight excluding hydrogens is 310 g/mol. The molecule has 4 heteroatoms. The first kappa shape index (κ1) is 16.3. The summed E-state index contributed by atoms with van der Waals surface area (Å²) in [6, 6.07) is 9.76. The molecule has 2 aliphatic heterocycles. The second-order valence-corrected chi connectivity index (χ2v) is 7.30. The van der Waals surface area contributed by atoms with E-state index in [1.807, 2.05) is 36.4 Å². The van der Waals surface area contributed by atoms with E-state index in [-0.39, 0.29) is 11.4 Å². The maximum Gasteiger partial charge on any atom is 0.253 e. The Morgan fingerprint density at radius 2 is 2.08 bits per heavy atom. The number of aromatic nitrogens is 1. The fourth-order valence-electron chi connectivity index (χ4n) is 4.57. The van der Waals surface area contributed by atoms with Gasteiger partial charge in [0, 0.05) is 42.3 Å². The highest BCUT2D eigenvalue weighted by Gasteiger charge is 2.44. The molecular formula is C21H25N3O. The maximum absolute atomic E-state index is 13.1. The number of carbonyl (C=O) groups is 1. The molecule has 2 fully saturated rings. The van der Waals surface area contributed by atoms with Gasteiger partial charge in [-0.2, -0.15) is 0 Å². The third-order valence-corrected chi connectivity index (χ3v) is 5.78. The Hall–Kier alpha value is -2.20. The summed E-state index contributed by atoms with van der Waals surface area (Å²) in [5, 5.41) is 1.02. The van der Waals surface area contributed by atoms with Crippen molar-refractivity contribution in [1.29, 1.82) is 0 Å². The molecule has 0 unspecified atom stereocenters. The van der Waals surface area contributed by atoms with Crippen LogP contribution in [-0.2, 0) is 0 Å². The number of nitrogens with zero attached hydrogens (tertiary/aromatic N) is 3. The van der Waals surface area contributed by atoms with Gasteiger partial charge in [0.05, 0.1) is 5.52 Å². The quantitative estimate of drug-likeness (QED) is 0.806. The molecule has 4 nitrogen and oxygen atoms in total. The first-order valence-corrected chi connectivity index (χ1v) is 9.22. The van der Waals surface area contributed by atoms with Crippen molar-refractivity contribution in [2.75, 3.05) is 26.2 Å². The number of benzene rings is 1. The Labute approximate surface area is 149 Å².